The predicted molar refractivity (Wildman–Crippen MR) is 102 cm³/mol. The van der Waals surface area contributed by atoms with Gasteiger partial charge in [-0.25, -0.2) is 14.0 Å². The number of carbonyl (C=O) groups excluding carboxylic acids is 2. The molecule has 1 aromatic carbocycles. The number of likely N-dealkylation sites (tertiary alicyclic amines) is 1. The Kier molecular flexibility index (Phi) is 6.74. The summed E-state index contributed by atoms with van der Waals surface area (Å²) in [7, 11) is 0. The first kappa shape index (κ1) is 20.8. The molecule has 1 aliphatic rings. The molecule has 6 nitrogen and oxygen atoms in total. The van der Waals surface area contributed by atoms with Crippen molar-refractivity contribution < 1.29 is 18.7 Å². The lowest BCUT2D eigenvalue weighted by atomic mass is 10.1. The summed E-state index contributed by atoms with van der Waals surface area (Å²) in [5.41, 5.74) is -0.584. The molecule has 1 aromatic rings. The fraction of sp³-hybridized carbons (Fsp3) is 0.529. The van der Waals surface area contributed by atoms with Crippen LogP contribution in [0.5, 0.6) is 0 Å². The van der Waals surface area contributed by atoms with Gasteiger partial charge in [0.1, 0.15) is 5.60 Å². The van der Waals surface area contributed by atoms with Crippen molar-refractivity contribution in [1.82, 2.24) is 10.2 Å². The zero-order chi connectivity index (χ0) is 19.5. The Bertz CT molecular complexity index is 697. The van der Waals surface area contributed by atoms with Crippen LogP contribution in [0.2, 0.25) is 5.02 Å². The monoisotopic (exact) mass is 449 g/mol. The number of urea groups is 1. The highest BCUT2D eigenvalue weighted by Crippen LogP contribution is 2.30. The van der Waals surface area contributed by atoms with E-state index in [2.05, 4.69) is 26.6 Å². The molecule has 2 rings (SSSR count). The topological polar surface area (TPSA) is 70.7 Å². The number of nitrogens with zero attached hydrogens (tertiary/aromatic N) is 1. The molecule has 1 atom stereocenters. The van der Waals surface area contributed by atoms with E-state index >= 15 is 0 Å². The number of nitrogens with one attached hydrogen (secondary N) is 2. The Morgan fingerprint density at radius 3 is 2.73 bits per heavy atom. The second kappa shape index (κ2) is 8.43. The van der Waals surface area contributed by atoms with E-state index in [0.717, 1.165) is 12.8 Å². The van der Waals surface area contributed by atoms with Crippen LogP contribution in [-0.2, 0) is 4.74 Å². The Morgan fingerprint density at radius 2 is 2.08 bits per heavy atom. The molecule has 1 heterocycles. The van der Waals surface area contributed by atoms with Crippen LogP contribution in [0.1, 0.15) is 33.6 Å². The maximum absolute atomic E-state index is 14.1. The van der Waals surface area contributed by atoms with E-state index in [-0.39, 0.29) is 16.8 Å². The first-order chi connectivity index (χ1) is 12.1. The Labute approximate surface area is 165 Å². The third kappa shape index (κ3) is 5.74. The summed E-state index contributed by atoms with van der Waals surface area (Å²) < 4.78 is 19.8. The van der Waals surface area contributed by atoms with Gasteiger partial charge in [-0.3, -0.25) is 0 Å². The predicted octanol–water partition coefficient (Wildman–Crippen LogP) is 4.76. The van der Waals surface area contributed by atoms with Crippen LogP contribution in [-0.4, -0.2) is 41.8 Å². The highest BCUT2D eigenvalue weighted by Gasteiger charge is 2.27. The summed E-state index contributed by atoms with van der Waals surface area (Å²) >= 11 is 8.96. The fourth-order valence-corrected chi connectivity index (χ4v) is 3.04. The third-order valence-electron chi connectivity index (χ3n) is 3.71. The highest BCUT2D eigenvalue weighted by atomic mass is 79.9. The van der Waals surface area contributed by atoms with Crippen LogP contribution in [0.4, 0.5) is 19.7 Å². The van der Waals surface area contributed by atoms with Crippen LogP contribution in [0.15, 0.2) is 16.6 Å². The number of anilines is 1. The molecule has 2 N–H and O–H groups in total. The minimum Gasteiger partial charge on any atom is -0.444 e. The zero-order valence-corrected chi connectivity index (χ0v) is 17.2. The molecule has 144 valence electrons. The van der Waals surface area contributed by atoms with Crippen molar-refractivity contribution in [3.05, 3.63) is 27.4 Å². The Balaban J connectivity index is 1.95. The molecule has 1 unspecified atom stereocenters. The van der Waals surface area contributed by atoms with Gasteiger partial charge in [0.15, 0.2) is 5.82 Å². The third-order valence-corrected chi connectivity index (χ3v) is 4.96. The minimum atomic E-state index is -0.699. The van der Waals surface area contributed by atoms with Gasteiger partial charge in [0, 0.05) is 23.6 Å². The number of piperidine rings is 1. The summed E-state index contributed by atoms with van der Waals surface area (Å²) in [4.78, 5) is 25.8. The van der Waals surface area contributed by atoms with Crippen molar-refractivity contribution >= 4 is 45.3 Å². The largest absolute Gasteiger partial charge is 0.444 e. The Morgan fingerprint density at radius 1 is 1.38 bits per heavy atom. The summed E-state index contributed by atoms with van der Waals surface area (Å²) in [6.07, 6.45) is 0.939. The van der Waals surface area contributed by atoms with Gasteiger partial charge >= 0.3 is 12.1 Å². The van der Waals surface area contributed by atoms with Crippen LogP contribution in [0, 0.1) is 5.82 Å². The number of halogens is 3. The van der Waals surface area contributed by atoms with Gasteiger partial charge in [0.05, 0.1) is 10.7 Å². The van der Waals surface area contributed by atoms with Crippen molar-refractivity contribution in [2.75, 3.05) is 18.4 Å². The van der Waals surface area contributed by atoms with Gasteiger partial charge in [-0.1, -0.05) is 11.6 Å². The average molecular weight is 451 g/mol. The molecule has 1 fully saturated rings. The molecule has 0 radical (unpaired) electrons. The van der Waals surface area contributed by atoms with E-state index in [4.69, 9.17) is 16.3 Å². The van der Waals surface area contributed by atoms with Crippen molar-refractivity contribution in [2.45, 2.75) is 45.3 Å². The van der Waals surface area contributed by atoms with E-state index in [9.17, 15) is 14.0 Å². The molecule has 3 amide bonds. The zero-order valence-electron chi connectivity index (χ0n) is 14.9. The lowest BCUT2D eigenvalue weighted by Crippen LogP contribution is -2.51. The van der Waals surface area contributed by atoms with Crippen molar-refractivity contribution in [3.63, 3.8) is 0 Å². The summed E-state index contributed by atoms with van der Waals surface area (Å²) in [6.45, 7) is 6.18. The maximum atomic E-state index is 14.1. The first-order valence-electron chi connectivity index (χ1n) is 8.26. The van der Waals surface area contributed by atoms with Gasteiger partial charge in [-0.05, 0) is 61.7 Å². The molecular weight excluding hydrogens is 429 g/mol. The number of amides is 3. The second-order valence-corrected chi connectivity index (χ2v) is 8.32. The van der Waals surface area contributed by atoms with Gasteiger partial charge in [-0.2, -0.15) is 0 Å². The molecule has 9 heteroatoms. The van der Waals surface area contributed by atoms with E-state index in [0.29, 0.717) is 17.6 Å². The van der Waals surface area contributed by atoms with Crippen molar-refractivity contribution in [2.24, 2.45) is 0 Å². The first-order valence-corrected chi connectivity index (χ1v) is 9.43. The van der Waals surface area contributed by atoms with Crippen molar-refractivity contribution in [1.29, 1.82) is 0 Å². The molecule has 1 saturated heterocycles. The lowest BCUT2D eigenvalue weighted by Gasteiger charge is -2.33. The van der Waals surface area contributed by atoms with Gasteiger partial charge < -0.3 is 20.3 Å². The summed E-state index contributed by atoms with van der Waals surface area (Å²) in [5.74, 6) is -0.699. The smallest absolute Gasteiger partial charge is 0.407 e. The summed E-state index contributed by atoms with van der Waals surface area (Å²) in [5, 5.41) is 5.20. The summed E-state index contributed by atoms with van der Waals surface area (Å²) in [6, 6.07) is 2.33. The number of ether oxygens (including phenoxy) is 1. The Hall–Kier alpha value is -1.54. The van der Waals surface area contributed by atoms with E-state index in [1.807, 2.05) is 0 Å². The van der Waals surface area contributed by atoms with Gasteiger partial charge in [0.2, 0.25) is 0 Å². The fourth-order valence-electron chi connectivity index (χ4n) is 2.57. The number of carbonyl (C=O) groups is 2. The number of alkyl carbamates (subject to hydrolysis) is 1. The molecule has 0 aliphatic carbocycles. The SMILES string of the molecule is CC(C)(C)OC(=O)NC1CCCN(C(=O)Nc2ccc(Br)c(Cl)c2F)C1. The van der Waals surface area contributed by atoms with Crippen LogP contribution in [0.3, 0.4) is 0 Å². The van der Waals surface area contributed by atoms with Crippen LogP contribution < -0.4 is 10.6 Å². The van der Waals surface area contributed by atoms with Crippen LogP contribution >= 0.6 is 27.5 Å². The van der Waals surface area contributed by atoms with E-state index in [1.165, 1.54) is 11.0 Å². The van der Waals surface area contributed by atoms with Gasteiger partial charge in [0.25, 0.3) is 0 Å². The van der Waals surface area contributed by atoms with Gasteiger partial charge in [-0.15, -0.1) is 0 Å². The average Bonchev–Trinajstić information content (AvgIpc) is 2.53. The molecule has 26 heavy (non-hydrogen) atoms. The number of benzene rings is 1. The number of hydrogen-bond acceptors (Lipinski definition) is 3. The van der Waals surface area contributed by atoms with Crippen LogP contribution in [0.25, 0.3) is 0 Å². The standard InChI is InChI=1S/C17H22BrClFN3O3/c1-17(2,3)26-16(25)21-10-5-4-8-23(9-10)15(24)22-12-7-6-11(18)13(19)14(12)20/h6-7,10H,4-5,8-9H2,1-3H3,(H,21,25)(H,22,24). The normalized spacial score (nSPS) is 17.6. The molecule has 1 aliphatic heterocycles. The number of hydrogen-bond donors (Lipinski definition) is 2. The molecular formula is C17H22BrClFN3O3. The molecule has 0 spiro atoms. The van der Waals surface area contributed by atoms with E-state index < -0.39 is 23.5 Å². The molecule has 0 bridgehead atoms. The van der Waals surface area contributed by atoms with E-state index in [1.54, 1.807) is 26.8 Å². The van der Waals surface area contributed by atoms with Crippen molar-refractivity contribution in [3.8, 4) is 0 Å². The molecule has 0 saturated carbocycles. The lowest BCUT2D eigenvalue weighted by molar-refractivity contribution is 0.0480. The second-order valence-electron chi connectivity index (χ2n) is 7.08. The quantitative estimate of drug-likeness (QED) is 0.638. The highest BCUT2D eigenvalue weighted by molar-refractivity contribution is 9.10. The maximum Gasteiger partial charge on any atom is 0.407 e. The minimum absolute atomic E-state index is 0.00502. The molecule has 0 aromatic heterocycles. The number of rotatable bonds is 2.